The summed E-state index contributed by atoms with van der Waals surface area (Å²) in [7, 11) is 1.69. The summed E-state index contributed by atoms with van der Waals surface area (Å²) in [5.74, 6) is -3.41. The van der Waals surface area contributed by atoms with Crippen LogP contribution in [0.2, 0.25) is 0 Å². The molecule has 46 heavy (non-hydrogen) atoms. The Bertz CT molecular complexity index is 1300. The number of benzene rings is 1. The molecule has 0 unspecified atom stereocenters. The smallest absolute Gasteiger partial charge is 0.313 e. The van der Waals surface area contributed by atoms with Crippen molar-refractivity contribution >= 4 is 23.7 Å². The van der Waals surface area contributed by atoms with Gasteiger partial charge in [-0.15, -0.1) is 13.2 Å². The van der Waals surface area contributed by atoms with Crippen LogP contribution in [-0.2, 0) is 28.7 Å². The van der Waals surface area contributed by atoms with Gasteiger partial charge >= 0.3 is 5.97 Å². The third-order valence-electron chi connectivity index (χ3n) is 10.2. The van der Waals surface area contributed by atoms with Crippen LogP contribution in [0.25, 0.3) is 0 Å². The van der Waals surface area contributed by atoms with E-state index in [1.165, 1.54) is 4.90 Å². The van der Waals surface area contributed by atoms with Crippen molar-refractivity contribution in [2.24, 2.45) is 17.8 Å². The quantitative estimate of drug-likeness (QED) is 0.229. The second-order valence-corrected chi connectivity index (χ2v) is 13.5. The van der Waals surface area contributed by atoms with Crippen LogP contribution in [0.4, 0.5) is 0 Å². The van der Waals surface area contributed by atoms with E-state index in [1.807, 2.05) is 65.0 Å². The monoisotopic (exact) mass is 637 g/mol. The Labute approximate surface area is 273 Å². The van der Waals surface area contributed by atoms with Crippen molar-refractivity contribution in [2.75, 3.05) is 20.2 Å². The van der Waals surface area contributed by atoms with Crippen LogP contribution in [0.3, 0.4) is 0 Å². The number of nitrogens with zero attached hydrogens (tertiary/aromatic N) is 3. The number of likely N-dealkylation sites (N-methyl/N-ethyl adjacent to an activating group) is 1. The fraction of sp³-hybridized carbons (Fsp3) is 0.611. The van der Waals surface area contributed by atoms with E-state index in [0.29, 0.717) is 19.3 Å². The molecule has 3 fully saturated rings. The molecule has 3 aliphatic rings. The molecule has 0 aliphatic carbocycles. The Hall–Kier alpha value is -3.50. The predicted octanol–water partition coefficient (Wildman–Crippen LogP) is 3.90. The molecule has 1 aromatic rings. The van der Waals surface area contributed by atoms with E-state index in [1.54, 1.807) is 29.0 Å². The van der Waals surface area contributed by atoms with Crippen LogP contribution in [0.1, 0.15) is 72.0 Å². The van der Waals surface area contributed by atoms with Gasteiger partial charge in [-0.05, 0) is 51.5 Å². The van der Waals surface area contributed by atoms with E-state index in [2.05, 4.69) is 13.2 Å². The first-order chi connectivity index (χ1) is 21.9. The molecule has 0 saturated carbocycles. The molecule has 0 radical (unpaired) electrons. The lowest BCUT2D eigenvalue weighted by Crippen LogP contribution is -2.60. The molecular weight excluding hydrogens is 586 g/mol. The molecule has 1 N–H and O–H groups in total. The highest BCUT2D eigenvalue weighted by Gasteiger charge is 2.76. The molecule has 10 heteroatoms. The average molecular weight is 638 g/mol. The maximum absolute atomic E-state index is 14.5. The summed E-state index contributed by atoms with van der Waals surface area (Å²) in [6.07, 6.45) is 3.66. The first-order valence-electron chi connectivity index (χ1n) is 16.5. The summed E-state index contributed by atoms with van der Waals surface area (Å²) in [5, 5.41) is 10.5. The van der Waals surface area contributed by atoms with Gasteiger partial charge in [-0.25, -0.2) is 0 Å². The Morgan fingerprint density at radius 1 is 1.13 bits per heavy atom. The van der Waals surface area contributed by atoms with Crippen molar-refractivity contribution in [3.63, 3.8) is 0 Å². The third kappa shape index (κ3) is 6.26. The molecule has 3 saturated heterocycles. The van der Waals surface area contributed by atoms with Gasteiger partial charge in [-0.2, -0.15) is 0 Å². The molecule has 10 nitrogen and oxygen atoms in total. The highest BCUT2D eigenvalue weighted by molar-refractivity contribution is 5.98. The van der Waals surface area contributed by atoms with Crippen molar-refractivity contribution in [2.45, 2.75) is 102 Å². The lowest BCUT2D eigenvalue weighted by atomic mass is 9.70. The van der Waals surface area contributed by atoms with Crippen LogP contribution >= 0.6 is 0 Å². The Kier molecular flexibility index (Phi) is 11.2. The number of likely N-dealkylation sites (tertiary alicyclic amines) is 1. The van der Waals surface area contributed by atoms with Gasteiger partial charge in [0.1, 0.15) is 17.7 Å². The summed E-state index contributed by atoms with van der Waals surface area (Å²) >= 11 is 0. The Morgan fingerprint density at radius 3 is 2.37 bits per heavy atom. The van der Waals surface area contributed by atoms with E-state index in [9.17, 15) is 24.3 Å². The molecule has 0 aromatic heterocycles. The van der Waals surface area contributed by atoms with E-state index in [4.69, 9.17) is 9.47 Å². The average Bonchev–Trinajstić information content (AvgIpc) is 3.68. The van der Waals surface area contributed by atoms with Crippen LogP contribution < -0.4 is 0 Å². The van der Waals surface area contributed by atoms with Crippen LogP contribution in [0, 0.1) is 17.8 Å². The van der Waals surface area contributed by atoms with Crippen LogP contribution in [-0.4, -0.2) is 99.6 Å². The van der Waals surface area contributed by atoms with Gasteiger partial charge in [0.25, 0.3) is 0 Å². The minimum absolute atomic E-state index is 0.104. The molecule has 8 atom stereocenters. The number of aliphatic hydroxyl groups excluding tert-OH is 1. The van der Waals surface area contributed by atoms with Crippen LogP contribution in [0.5, 0.6) is 0 Å². The number of ether oxygens (including phenoxy) is 2. The number of rotatable bonds is 15. The summed E-state index contributed by atoms with van der Waals surface area (Å²) in [6, 6.07) is 6.90. The first-order valence-corrected chi connectivity index (χ1v) is 16.5. The maximum atomic E-state index is 14.5. The number of hydrogen-bond donors (Lipinski definition) is 1. The minimum atomic E-state index is -1.23. The highest BCUT2D eigenvalue weighted by atomic mass is 16.6. The summed E-state index contributed by atoms with van der Waals surface area (Å²) in [5.41, 5.74) is -0.514. The van der Waals surface area contributed by atoms with Crippen molar-refractivity contribution < 1.29 is 33.8 Å². The molecule has 3 aliphatic heterocycles. The lowest BCUT2D eigenvalue weighted by molar-refractivity contribution is -0.165. The van der Waals surface area contributed by atoms with Gasteiger partial charge in [-0.3, -0.25) is 19.2 Å². The third-order valence-corrected chi connectivity index (χ3v) is 10.2. The van der Waals surface area contributed by atoms with Crippen molar-refractivity contribution in [1.29, 1.82) is 0 Å². The number of hydrogen-bond acceptors (Lipinski definition) is 7. The zero-order valence-corrected chi connectivity index (χ0v) is 28.1. The van der Waals surface area contributed by atoms with E-state index in [0.717, 1.165) is 5.56 Å². The Morgan fingerprint density at radius 2 is 1.80 bits per heavy atom. The number of amides is 3. The maximum Gasteiger partial charge on any atom is 0.313 e. The van der Waals surface area contributed by atoms with Gasteiger partial charge in [0, 0.05) is 26.1 Å². The van der Waals surface area contributed by atoms with Gasteiger partial charge in [0.05, 0.1) is 36.6 Å². The standard InChI is InChI=1S/C36H51N3O7/c1-9-11-17-28(41)37(8)24(7)31(25-15-13-12-14-16-25)45-35(44)29-27-18-19-36(46-27)30(29)33(42)39(26(21-40)22(3)4)32(36)34(43)38(20-10-2)23(5)6/h9-10,12-16,22-24,26-27,29-32,40H,1-2,11,17-21H2,3-8H3/t24-,26-,27-,29+,30+,31+,32-,36+/m0/s1. The molecular formula is C36H51N3O7. The molecule has 1 spiro atoms. The highest BCUT2D eigenvalue weighted by Crippen LogP contribution is 2.59. The molecule has 252 valence electrons. The number of fused-ring (bicyclic) bond motifs is 1. The predicted molar refractivity (Wildman–Crippen MR) is 174 cm³/mol. The SMILES string of the molecule is C=CCCC(=O)N(C)[C@@H](C)[C@@H](OC(=O)[C@@H]1[C@@H]2CC[C@]3(O2)[C@H](C(=O)N(CC=C)C(C)C)N([C@@H](CO)C(C)C)C(=O)[C@@H]13)c1ccccc1. The van der Waals surface area contributed by atoms with E-state index < -0.39 is 53.7 Å². The fourth-order valence-electron chi connectivity index (χ4n) is 7.59. The normalized spacial score (nSPS) is 26.9. The Balaban J connectivity index is 1.72. The van der Waals surface area contributed by atoms with Gasteiger partial charge in [0.15, 0.2) is 0 Å². The number of esters is 1. The minimum Gasteiger partial charge on any atom is -0.455 e. The lowest BCUT2D eigenvalue weighted by Gasteiger charge is -2.41. The number of carbonyl (C=O) groups excluding carboxylic acids is 4. The molecule has 3 heterocycles. The van der Waals surface area contributed by atoms with Gasteiger partial charge in [0.2, 0.25) is 17.7 Å². The van der Waals surface area contributed by atoms with E-state index >= 15 is 0 Å². The van der Waals surface area contributed by atoms with Gasteiger partial charge in [-0.1, -0.05) is 56.3 Å². The molecule has 4 rings (SSSR count). The summed E-state index contributed by atoms with van der Waals surface area (Å²) in [4.78, 5) is 61.0. The van der Waals surface area contributed by atoms with Gasteiger partial charge < -0.3 is 29.3 Å². The molecule has 3 amide bonds. The first kappa shape index (κ1) is 35.4. The fourth-order valence-corrected chi connectivity index (χ4v) is 7.59. The summed E-state index contributed by atoms with van der Waals surface area (Å²) in [6.45, 7) is 16.9. The number of carbonyl (C=O) groups is 4. The van der Waals surface area contributed by atoms with Crippen molar-refractivity contribution in [1.82, 2.24) is 14.7 Å². The summed E-state index contributed by atoms with van der Waals surface area (Å²) < 4.78 is 12.9. The second kappa shape index (κ2) is 14.5. The van der Waals surface area contributed by atoms with Crippen LogP contribution in [0.15, 0.2) is 55.6 Å². The topological polar surface area (TPSA) is 117 Å². The number of aliphatic hydroxyl groups is 1. The zero-order chi connectivity index (χ0) is 33.9. The zero-order valence-electron chi connectivity index (χ0n) is 28.1. The molecule has 1 aromatic carbocycles. The van der Waals surface area contributed by atoms with Crippen molar-refractivity contribution in [3.05, 3.63) is 61.2 Å². The largest absolute Gasteiger partial charge is 0.455 e. The van der Waals surface area contributed by atoms with E-state index in [-0.39, 0.29) is 49.3 Å². The van der Waals surface area contributed by atoms with Crippen molar-refractivity contribution in [3.8, 4) is 0 Å². The number of allylic oxidation sites excluding steroid dienone is 1. The molecule has 2 bridgehead atoms. The second-order valence-electron chi connectivity index (χ2n) is 13.5.